The summed E-state index contributed by atoms with van der Waals surface area (Å²) in [6.07, 6.45) is 3.60. The van der Waals surface area contributed by atoms with Crippen LogP contribution in [0.1, 0.15) is 29.0 Å². The summed E-state index contributed by atoms with van der Waals surface area (Å²) in [5.74, 6) is -0.551. The van der Waals surface area contributed by atoms with Gasteiger partial charge in [0.05, 0.1) is 11.9 Å². The number of halogens is 1. The van der Waals surface area contributed by atoms with E-state index < -0.39 is 5.91 Å². The summed E-state index contributed by atoms with van der Waals surface area (Å²) >= 11 is 0. The van der Waals surface area contributed by atoms with Gasteiger partial charge in [-0.15, -0.1) is 0 Å². The second kappa shape index (κ2) is 7.00. The highest BCUT2D eigenvalue weighted by molar-refractivity contribution is 5.96. The third-order valence-corrected chi connectivity index (χ3v) is 4.45. The standard InChI is InChI=1S/C20H18FN3O2/c21-16-11-14(7-8-17(16)24-9-3-4-10-24)13-22-23-20(25)19-12-15-5-1-2-6-18(15)26-19/h1-2,5-8,11-13H,3-4,9-10H2,(H,23,25). The maximum atomic E-state index is 14.3. The minimum absolute atomic E-state index is 0.180. The fraction of sp³-hybridized carbons (Fsp3) is 0.200. The second-order valence-electron chi connectivity index (χ2n) is 6.25. The predicted molar refractivity (Wildman–Crippen MR) is 99.1 cm³/mol. The highest BCUT2D eigenvalue weighted by atomic mass is 19.1. The first-order valence-electron chi connectivity index (χ1n) is 8.57. The molecule has 1 N–H and O–H groups in total. The topological polar surface area (TPSA) is 57.8 Å². The number of nitrogens with one attached hydrogen (secondary N) is 1. The quantitative estimate of drug-likeness (QED) is 0.572. The zero-order valence-corrected chi connectivity index (χ0v) is 14.1. The van der Waals surface area contributed by atoms with Crippen LogP contribution in [-0.2, 0) is 0 Å². The molecule has 0 spiro atoms. The first-order chi connectivity index (χ1) is 12.7. The van der Waals surface area contributed by atoms with Crippen LogP contribution in [0.25, 0.3) is 11.0 Å². The fourth-order valence-corrected chi connectivity index (χ4v) is 3.13. The first-order valence-corrected chi connectivity index (χ1v) is 8.57. The molecule has 4 rings (SSSR count). The zero-order valence-electron chi connectivity index (χ0n) is 14.1. The Morgan fingerprint density at radius 2 is 1.96 bits per heavy atom. The molecular weight excluding hydrogens is 333 g/mol. The summed E-state index contributed by atoms with van der Waals surface area (Å²) in [5, 5.41) is 4.74. The minimum atomic E-state index is -0.452. The monoisotopic (exact) mass is 351 g/mol. The fourth-order valence-electron chi connectivity index (χ4n) is 3.13. The molecule has 132 valence electrons. The number of anilines is 1. The number of hydrogen-bond donors (Lipinski definition) is 1. The zero-order chi connectivity index (χ0) is 17.9. The van der Waals surface area contributed by atoms with Gasteiger partial charge >= 0.3 is 5.91 Å². The van der Waals surface area contributed by atoms with Crippen molar-refractivity contribution < 1.29 is 13.6 Å². The molecule has 0 atom stereocenters. The van der Waals surface area contributed by atoms with E-state index in [9.17, 15) is 9.18 Å². The Hall–Kier alpha value is -3.15. The molecule has 6 heteroatoms. The van der Waals surface area contributed by atoms with E-state index in [0.717, 1.165) is 31.3 Å². The van der Waals surface area contributed by atoms with Crippen molar-refractivity contribution >= 4 is 28.8 Å². The number of carbonyl (C=O) groups is 1. The van der Waals surface area contributed by atoms with Gasteiger partial charge < -0.3 is 9.32 Å². The minimum Gasteiger partial charge on any atom is -0.451 e. The summed E-state index contributed by atoms with van der Waals surface area (Å²) in [7, 11) is 0. The van der Waals surface area contributed by atoms with Crippen LogP contribution in [0.4, 0.5) is 10.1 Å². The van der Waals surface area contributed by atoms with Crippen LogP contribution in [0.2, 0.25) is 0 Å². The first kappa shape index (κ1) is 16.3. The number of amides is 1. The maximum absolute atomic E-state index is 14.3. The molecule has 0 bridgehead atoms. The van der Waals surface area contributed by atoms with Gasteiger partial charge in [0.15, 0.2) is 5.76 Å². The molecule has 0 unspecified atom stereocenters. The van der Waals surface area contributed by atoms with E-state index in [1.165, 1.54) is 12.3 Å². The van der Waals surface area contributed by atoms with Gasteiger partial charge in [-0.25, -0.2) is 9.82 Å². The Morgan fingerprint density at radius 1 is 1.15 bits per heavy atom. The molecule has 2 heterocycles. The van der Waals surface area contributed by atoms with Crippen LogP contribution in [-0.4, -0.2) is 25.2 Å². The van der Waals surface area contributed by atoms with Crippen LogP contribution in [0.15, 0.2) is 58.0 Å². The largest absolute Gasteiger partial charge is 0.451 e. The number of para-hydroxylation sites is 1. The van der Waals surface area contributed by atoms with Gasteiger partial charge in [-0.3, -0.25) is 4.79 Å². The van der Waals surface area contributed by atoms with Crippen molar-refractivity contribution in [2.24, 2.45) is 5.10 Å². The summed E-state index contributed by atoms with van der Waals surface area (Å²) < 4.78 is 19.7. The van der Waals surface area contributed by atoms with Crippen LogP contribution < -0.4 is 10.3 Å². The molecule has 1 aliphatic heterocycles. The third kappa shape index (κ3) is 3.31. The number of nitrogens with zero attached hydrogens (tertiary/aromatic N) is 2. The molecule has 0 radical (unpaired) electrons. The maximum Gasteiger partial charge on any atom is 0.307 e. The van der Waals surface area contributed by atoms with Crippen molar-refractivity contribution in [1.29, 1.82) is 0 Å². The van der Waals surface area contributed by atoms with Crippen molar-refractivity contribution in [1.82, 2.24) is 5.43 Å². The van der Waals surface area contributed by atoms with Gasteiger partial charge in [0, 0.05) is 18.5 Å². The molecule has 1 fully saturated rings. The van der Waals surface area contributed by atoms with Crippen molar-refractivity contribution in [2.75, 3.05) is 18.0 Å². The van der Waals surface area contributed by atoms with Crippen LogP contribution in [0.3, 0.4) is 0 Å². The molecule has 3 aromatic rings. The highest BCUT2D eigenvalue weighted by Gasteiger charge is 2.16. The van der Waals surface area contributed by atoms with Crippen molar-refractivity contribution in [3.05, 3.63) is 65.7 Å². The molecule has 26 heavy (non-hydrogen) atoms. The number of fused-ring (bicyclic) bond motifs is 1. The highest BCUT2D eigenvalue weighted by Crippen LogP contribution is 2.24. The lowest BCUT2D eigenvalue weighted by Gasteiger charge is -2.18. The number of furan rings is 1. The van der Waals surface area contributed by atoms with E-state index in [1.807, 2.05) is 23.1 Å². The van der Waals surface area contributed by atoms with Crippen molar-refractivity contribution in [2.45, 2.75) is 12.8 Å². The number of carbonyl (C=O) groups excluding carboxylic acids is 1. The lowest BCUT2D eigenvalue weighted by Crippen LogP contribution is -2.19. The molecule has 2 aromatic carbocycles. The van der Waals surface area contributed by atoms with E-state index in [0.29, 0.717) is 16.8 Å². The number of hydrogen-bond acceptors (Lipinski definition) is 4. The van der Waals surface area contributed by atoms with Gasteiger partial charge in [0.1, 0.15) is 11.4 Å². The Balaban J connectivity index is 1.42. The lowest BCUT2D eigenvalue weighted by atomic mass is 10.2. The number of hydrazone groups is 1. The van der Waals surface area contributed by atoms with Gasteiger partial charge in [0.2, 0.25) is 0 Å². The molecule has 5 nitrogen and oxygen atoms in total. The number of rotatable bonds is 4. The average Bonchev–Trinajstić information content (AvgIpc) is 3.31. The van der Waals surface area contributed by atoms with Crippen LogP contribution in [0, 0.1) is 5.82 Å². The molecule has 1 aliphatic rings. The lowest BCUT2D eigenvalue weighted by molar-refractivity contribution is 0.0929. The molecule has 1 amide bonds. The normalized spacial score (nSPS) is 14.4. The van der Waals surface area contributed by atoms with Crippen molar-refractivity contribution in [3.8, 4) is 0 Å². The van der Waals surface area contributed by atoms with Crippen LogP contribution >= 0.6 is 0 Å². The van der Waals surface area contributed by atoms with E-state index in [-0.39, 0.29) is 11.6 Å². The number of benzene rings is 2. The Morgan fingerprint density at radius 3 is 2.73 bits per heavy atom. The smallest absolute Gasteiger partial charge is 0.307 e. The summed E-state index contributed by atoms with van der Waals surface area (Å²) in [5.41, 5.74) is 4.24. The molecule has 1 saturated heterocycles. The predicted octanol–water partition coefficient (Wildman–Crippen LogP) is 3.94. The Kier molecular flexibility index (Phi) is 4.39. The molecular formula is C20H18FN3O2. The molecule has 0 saturated carbocycles. The summed E-state index contributed by atoms with van der Waals surface area (Å²) in [6, 6.07) is 14.0. The average molecular weight is 351 g/mol. The van der Waals surface area contributed by atoms with E-state index in [2.05, 4.69) is 10.5 Å². The van der Waals surface area contributed by atoms with E-state index in [4.69, 9.17) is 4.42 Å². The SMILES string of the molecule is O=C(NN=Cc1ccc(N2CCCC2)c(F)c1)c1cc2ccccc2o1. The van der Waals surface area contributed by atoms with Gasteiger partial charge in [-0.2, -0.15) is 5.10 Å². The summed E-state index contributed by atoms with van der Waals surface area (Å²) in [4.78, 5) is 14.1. The summed E-state index contributed by atoms with van der Waals surface area (Å²) in [6.45, 7) is 1.77. The van der Waals surface area contributed by atoms with Gasteiger partial charge in [0.25, 0.3) is 0 Å². The second-order valence-corrected chi connectivity index (χ2v) is 6.25. The van der Waals surface area contributed by atoms with Gasteiger partial charge in [-0.05, 0) is 42.7 Å². The van der Waals surface area contributed by atoms with E-state index >= 15 is 0 Å². The van der Waals surface area contributed by atoms with Crippen LogP contribution in [0.5, 0.6) is 0 Å². The van der Waals surface area contributed by atoms with Crippen molar-refractivity contribution in [3.63, 3.8) is 0 Å². The molecule has 0 aliphatic carbocycles. The third-order valence-electron chi connectivity index (χ3n) is 4.45. The van der Waals surface area contributed by atoms with E-state index in [1.54, 1.807) is 24.3 Å². The van der Waals surface area contributed by atoms with Gasteiger partial charge in [-0.1, -0.05) is 24.3 Å². The Labute approximate surface area is 150 Å². The molecule has 1 aromatic heterocycles. The Bertz CT molecular complexity index is 941.